The van der Waals surface area contributed by atoms with Gasteiger partial charge in [-0.1, -0.05) is 24.3 Å². The van der Waals surface area contributed by atoms with Crippen molar-refractivity contribution >= 4 is 5.82 Å². The first-order chi connectivity index (χ1) is 13.4. The highest BCUT2D eigenvalue weighted by Gasteiger charge is 2.13. The molecular weight excluding hydrogens is 336 g/mol. The number of hydrogen-bond donors (Lipinski definition) is 1. The zero-order chi connectivity index (χ0) is 18.3. The fourth-order valence-electron chi connectivity index (χ4n) is 3.31. The van der Waals surface area contributed by atoms with Crippen LogP contribution < -0.4 is 15.0 Å². The summed E-state index contributed by atoms with van der Waals surface area (Å²) < 4.78 is 6.11. The zero-order valence-electron chi connectivity index (χ0n) is 15.3. The quantitative estimate of drug-likeness (QED) is 0.732. The molecule has 1 aliphatic heterocycles. The van der Waals surface area contributed by atoms with Gasteiger partial charge in [-0.3, -0.25) is 4.98 Å². The Kier molecular flexibility index (Phi) is 5.60. The summed E-state index contributed by atoms with van der Waals surface area (Å²) in [6, 6.07) is 16.4. The monoisotopic (exact) mass is 360 g/mol. The van der Waals surface area contributed by atoms with Gasteiger partial charge in [-0.05, 0) is 35.4 Å². The Morgan fingerprint density at radius 1 is 1.00 bits per heavy atom. The summed E-state index contributed by atoms with van der Waals surface area (Å²) in [5.74, 6) is 1.93. The van der Waals surface area contributed by atoms with E-state index in [1.807, 2.05) is 36.7 Å². The number of para-hydroxylation sites is 1. The van der Waals surface area contributed by atoms with Gasteiger partial charge in [0.05, 0.1) is 6.61 Å². The average Bonchev–Trinajstić information content (AvgIpc) is 2.76. The van der Waals surface area contributed by atoms with E-state index >= 15 is 0 Å². The van der Waals surface area contributed by atoms with Gasteiger partial charge < -0.3 is 15.0 Å². The second-order valence-electron chi connectivity index (χ2n) is 6.60. The predicted molar refractivity (Wildman–Crippen MR) is 108 cm³/mol. The Labute approximate surface area is 160 Å². The number of ether oxygens (including phenoxy) is 1. The van der Waals surface area contributed by atoms with Crippen molar-refractivity contribution in [2.45, 2.75) is 6.42 Å². The van der Waals surface area contributed by atoms with Crippen LogP contribution in [-0.4, -0.2) is 42.8 Å². The molecule has 3 heterocycles. The van der Waals surface area contributed by atoms with Gasteiger partial charge in [0.15, 0.2) is 0 Å². The highest BCUT2D eigenvalue weighted by molar-refractivity contribution is 5.72. The molecule has 0 amide bonds. The maximum absolute atomic E-state index is 6.11. The first-order valence-electron chi connectivity index (χ1n) is 9.43. The molecule has 138 valence electrons. The van der Waals surface area contributed by atoms with Crippen LogP contribution in [0.4, 0.5) is 5.82 Å². The summed E-state index contributed by atoms with van der Waals surface area (Å²) >= 11 is 0. The zero-order valence-corrected chi connectivity index (χ0v) is 15.3. The van der Waals surface area contributed by atoms with Crippen LogP contribution in [0.5, 0.6) is 5.75 Å². The van der Waals surface area contributed by atoms with Crippen molar-refractivity contribution < 1.29 is 4.74 Å². The number of nitrogens with zero attached hydrogens (tertiary/aromatic N) is 3. The molecule has 0 aliphatic carbocycles. The molecule has 1 N–H and O–H groups in total. The molecule has 4 rings (SSSR count). The van der Waals surface area contributed by atoms with E-state index in [4.69, 9.17) is 4.74 Å². The van der Waals surface area contributed by atoms with Crippen LogP contribution >= 0.6 is 0 Å². The van der Waals surface area contributed by atoms with Crippen molar-refractivity contribution in [1.82, 2.24) is 15.3 Å². The van der Waals surface area contributed by atoms with Gasteiger partial charge in [0.2, 0.25) is 0 Å². The van der Waals surface area contributed by atoms with Crippen LogP contribution in [0.2, 0.25) is 0 Å². The first-order valence-corrected chi connectivity index (χ1v) is 9.43. The number of aromatic nitrogens is 2. The Balaban J connectivity index is 1.50. The molecule has 5 heteroatoms. The molecule has 0 bridgehead atoms. The molecule has 0 radical (unpaired) electrons. The van der Waals surface area contributed by atoms with Crippen LogP contribution in [0.3, 0.4) is 0 Å². The van der Waals surface area contributed by atoms with E-state index in [9.17, 15) is 0 Å². The molecule has 1 saturated heterocycles. The van der Waals surface area contributed by atoms with Crippen LogP contribution in [0, 0.1) is 0 Å². The van der Waals surface area contributed by atoms with Gasteiger partial charge >= 0.3 is 0 Å². The third-order valence-electron chi connectivity index (χ3n) is 4.76. The van der Waals surface area contributed by atoms with Crippen LogP contribution in [0.1, 0.15) is 5.56 Å². The minimum Gasteiger partial charge on any atom is -0.493 e. The summed E-state index contributed by atoms with van der Waals surface area (Å²) in [6.45, 7) is 4.60. The molecule has 1 fully saturated rings. The summed E-state index contributed by atoms with van der Waals surface area (Å²) in [7, 11) is 0. The van der Waals surface area contributed by atoms with Crippen molar-refractivity contribution in [3.05, 3.63) is 72.7 Å². The standard InChI is InChI=1S/C22H24N4O/c1-2-6-21(27-15-8-18-4-3-9-24-17-18)20(5-1)19-7-10-25-22(16-19)26-13-11-23-12-14-26/h1-7,9-10,16-17,23H,8,11-15H2. The number of pyridine rings is 2. The molecule has 0 spiro atoms. The van der Waals surface area contributed by atoms with Crippen molar-refractivity contribution in [1.29, 1.82) is 0 Å². The van der Waals surface area contributed by atoms with E-state index < -0.39 is 0 Å². The maximum Gasteiger partial charge on any atom is 0.129 e. The summed E-state index contributed by atoms with van der Waals surface area (Å²) in [5.41, 5.74) is 3.41. The molecule has 0 atom stereocenters. The fourth-order valence-corrected chi connectivity index (χ4v) is 3.31. The Morgan fingerprint density at radius 2 is 1.89 bits per heavy atom. The van der Waals surface area contributed by atoms with Gasteiger partial charge in [0.25, 0.3) is 0 Å². The molecule has 3 aromatic rings. The summed E-state index contributed by atoms with van der Waals surface area (Å²) in [4.78, 5) is 11.1. The third kappa shape index (κ3) is 4.44. The van der Waals surface area contributed by atoms with Gasteiger partial charge in [0.1, 0.15) is 11.6 Å². The molecule has 0 unspecified atom stereocenters. The molecule has 27 heavy (non-hydrogen) atoms. The third-order valence-corrected chi connectivity index (χ3v) is 4.76. The molecular formula is C22H24N4O. The number of hydrogen-bond acceptors (Lipinski definition) is 5. The van der Waals surface area contributed by atoms with Crippen molar-refractivity contribution in [3.63, 3.8) is 0 Å². The Bertz CT molecular complexity index is 863. The highest BCUT2D eigenvalue weighted by atomic mass is 16.5. The van der Waals surface area contributed by atoms with Crippen molar-refractivity contribution in [2.75, 3.05) is 37.7 Å². The van der Waals surface area contributed by atoms with Crippen molar-refractivity contribution in [3.8, 4) is 16.9 Å². The normalized spacial score (nSPS) is 14.1. The van der Waals surface area contributed by atoms with Gasteiger partial charge in [-0.15, -0.1) is 0 Å². The lowest BCUT2D eigenvalue weighted by molar-refractivity contribution is 0.323. The highest BCUT2D eigenvalue weighted by Crippen LogP contribution is 2.31. The van der Waals surface area contributed by atoms with Gasteiger partial charge in [-0.2, -0.15) is 0 Å². The smallest absolute Gasteiger partial charge is 0.129 e. The van der Waals surface area contributed by atoms with Gasteiger partial charge in [0, 0.05) is 56.8 Å². The second-order valence-corrected chi connectivity index (χ2v) is 6.60. The van der Waals surface area contributed by atoms with Crippen molar-refractivity contribution in [2.24, 2.45) is 0 Å². The maximum atomic E-state index is 6.11. The molecule has 2 aromatic heterocycles. The van der Waals surface area contributed by atoms with E-state index in [1.54, 1.807) is 6.20 Å². The minimum atomic E-state index is 0.623. The summed E-state index contributed by atoms with van der Waals surface area (Å²) in [6.07, 6.45) is 6.40. The Morgan fingerprint density at radius 3 is 2.74 bits per heavy atom. The average molecular weight is 360 g/mol. The topological polar surface area (TPSA) is 50.3 Å². The Hall–Kier alpha value is -2.92. The lowest BCUT2D eigenvalue weighted by Gasteiger charge is -2.28. The van der Waals surface area contributed by atoms with E-state index in [-0.39, 0.29) is 0 Å². The van der Waals surface area contributed by atoms with Gasteiger partial charge in [-0.25, -0.2) is 4.98 Å². The lowest BCUT2D eigenvalue weighted by Crippen LogP contribution is -2.43. The molecule has 1 aliphatic rings. The first kappa shape index (κ1) is 17.5. The second kappa shape index (κ2) is 8.64. The number of benzene rings is 1. The SMILES string of the molecule is c1cncc(CCOc2ccccc2-c2ccnc(N3CCNCC3)c2)c1. The summed E-state index contributed by atoms with van der Waals surface area (Å²) in [5, 5.41) is 3.38. The number of piperazine rings is 1. The number of anilines is 1. The largest absolute Gasteiger partial charge is 0.493 e. The fraction of sp³-hybridized carbons (Fsp3) is 0.273. The van der Waals surface area contributed by atoms with Crippen LogP contribution in [0.25, 0.3) is 11.1 Å². The van der Waals surface area contributed by atoms with Crippen LogP contribution in [0.15, 0.2) is 67.1 Å². The number of rotatable bonds is 6. The predicted octanol–water partition coefficient (Wildman–Crippen LogP) is 3.17. The molecule has 0 saturated carbocycles. The molecule has 5 nitrogen and oxygen atoms in total. The molecule has 1 aromatic carbocycles. The van der Waals surface area contributed by atoms with E-state index in [0.29, 0.717) is 6.61 Å². The van der Waals surface area contributed by atoms with E-state index in [0.717, 1.165) is 55.3 Å². The number of nitrogens with one attached hydrogen (secondary N) is 1. The lowest BCUT2D eigenvalue weighted by atomic mass is 10.1. The van der Waals surface area contributed by atoms with E-state index in [2.05, 4.69) is 44.5 Å². The van der Waals surface area contributed by atoms with Crippen LogP contribution in [-0.2, 0) is 6.42 Å². The van der Waals surface area contributed by atoms with E-state index in [1.165, 1.54) is 5.56 Å². The minimum absolute atomic E-state index is 0.623.